The Balaban J connectivity index is 1.44. The van der Waals surface area contributed by atoms with Crippen molar-refractivity contribution in [2.75, 3.05) is 26.2 Å². The number of hydrogen-bond donors (Lipinski definition) is 1. The van der Waals surface area contributed by atoms with Crippen molar-refractivity contribution in [2.24, 2.45) is 5.73 Å². The molecule has 0 aliphatic carbocycles. The van der Waals surface area contributed by atoms with E-state index in [1.54, 1.807) is 6.33 Å². The molecular formula is C15H21N5O. The van der Waals surface area contributed by atoms with Crippen molar-refractivity contribution >= 4 is 0 Å². The standard InChI is InChI=1S/C15H21N5O/c16-6-5-13-1-3-14(4-2-13)21-10-9-19-7-8-20-12-17-18-15(20)11-19/h1-4,12H,5-11,16H2. The van der Waals surface area contributed by atoms with Gasteiger partial charge in [0.05, 0.1) is 6.54 Å². The smallest absolute Gasteiger partial charge is 0.147 e. The number of nitrogens with two attached hydrogens (primary N) is 1. The van der Waals surface area contributed by atoms with Crippen LogP contribution in [0.2, 0.25) is 0 Å². The number of rotatable bonds is 6. The molecule has 0 saturated carbocycles. The van der Waals surface area contributed by atoms with Gasteiger partial charge in [-0.2, -0.15) is 0 Å². The fourth-order valence-electron chi connectivity index (χ4n) is 2.52. The Morgan fingerprint density at radius 1 is 1.19 bits per heavy atom. The fourth-order valence-corrected chi connectivity index (χ4v) is 2.52. The van der Waals surface area contributed by atoms with Gasteiger partial charge < -0.3 is 15.0 Å². The zero-order valence-electron chi connectivity index (χ0n) is 12.1. The lowest BCUT2D eigenvalue weighted by Crippen LogP contribution is -2.36. The van der Waals surface area contributed by atoms with E-state index in [4.69, 9.17) is 10.5 Å². The first-order valence-electron chi connectivity index (χ1n) is 7.36. The molecule has 1 aliphatic rings. The largest absolute Gasteiger partial charge is 0.492 e. The van der Waals surface area contributed by atoms with Gasteiger partial charge in [0.15, 0.2) is 0 Å². The Hall–Kier alpha value is -1.92. The lowest BCUT2D eigenvalue weighted by molar-refractivity contribution is 0.174. The lowest BCUT2D eigenvalue weighted by atomic mass is 10.1. The van der Waals surface area contributed by atoms with Crippen LogP contribution < -0.4 is 10.5 Å². The maximum atomic E-state index is 5.80. The molecule has 0 bridgehead atoms. The highest BCUT2D eigenvalue weighted by Gasteiger charge is 2.16. The van der Waals surface area contributed by atoms with Crippen molar-refractivity contribution in [3.8, 4) is 5.75 Å². The number of ether oxygens (including phenoxy) is 1. The normalized spacial score (nSPS) is 14.9. The van der Waals surface area contributed by atoms with Gasteiger partial charge in [0.2, 0.25) is 0 Å². The Morgan fingerprint density at radius 3 is 2.86 bits per heavy atom. The molecule has 2 aromatic rings. The Kier molecular flexibility index (Phi) is 4.47. The van der Waals surface area contributed by atoms with Gasteiger partial charge in [-0.15, -0.1) is 10.2 Å². The number of aromatic nitrogens is 3. The molecule has 1 aromatic heterocycles. The van der Waals surface area contributed by atoms with Gasteiger partial charge in [0.25, 0.3) is 0 Å². The van der Waals surface area contributed by atoms with Gasteiger partial charge in [0.1, 0.15) is 24.5 Å². The second kappa shape index (κ2) is 6.69. The van der Waals surface area contributed by atoms with E-state index < -0.39 is 0 Å². The highest BCUT2D eigenvalue weighted by Crippen LogP contribution is 2.13. The van der Waals surface area contributed by atoms with Crippen LogP contribution in [-0.2, 0) is 19.5 Å². The average Bonchev–Trinajstić information content (AvgIpc) is 2.97. The third-order valence-electron chi connectivity index (χ3n) is 3.75. The van der Waals surface area contributed by atoms with Crippen LogP contribution in [0.25, 0.3) is 0 Å². The van der Waals surface area contributed by atoms with Gasteiger partial charge in [-0.05, 0) is 30.7 Å². The van der Waals surface area contributed by atoms with E-state index in [2.05, 4.69) is 31.8 Å². The molecule has 2 heterocycles. The van der Waals surface area contributed by atoms with Crippen molar-refractivity contribution < 1.29 is 4.74 Å². The van der Waals surface area contributed by atoms with Crippen LogP contribution in [0, 0.1) is 0 Å². The molecule has 1 aromatic carbocycles. The summed E-state index contributed by atoms with van der Waals surface area (Å²) in [4.78, 5) is 2.34. The summed E-state index contributed by atoms with van der Waals surface area (Å²) in [5.41, 5.74) is 6.79. The van der Waals surface area contributed by atoms with E-state index in [1.165, 1.54) is 5.56 Å². The minimum Gasteiger partial charge on any atom is -0.492 e. The molecule has 0 radical (unpaired) electrons. The molecule has 112 valence electrons. The molecule has 0 atom stereocenters. The minimum atomic E-state index is 0.680. The van der Waals surface area contributed by atoms with E-state index in [9.17, 15) is 0 Å². The molecule has 0 saturated heterocycles. The maximum Gasteiger partial charge on any atom is 0.147 e. The molecule has 0 fully saturated rings. The monoisotopic (exact) mass is 287 g/mol. The summed E-state index contributed by atoms with van der Waals surface area (Å²) in [7, 11) is 0. The maximum absolute atomic E-state index is 5.80. The summed E-state index contributed by atoms with van der Waals surface area (Å²) < 4.78 is 7.90. The van der Waals surface area contributed by atoms with Crippen LogP contribution in [0.3, 0.4) is 0 Å². The Labute approximate surface area is 124 Å². The molecule has 0 unspecified atom stereocenters. The average molecular weight is 287 g/mol. The van der Waals surface area contributed by atoms with E-state index in [0.29, 0.717) is 13.2 Å². The zero-order valence-corrected chi connectivity index (χ0v) is 12.1. The Bertz CT molecular complexity index is 566. The Morgan fingerprint density at radius 2 is 2.05 bits per heavy atom. The van der Waals surface area contributed by atoms with Crippen LogP contribution in [0.1, 0.15) is 11.4 Å². The zero-order chi connectivity index (χ0) is 14.5. The molecule has 6 nitrogen and oxygen atoms in total. The van der Waals surface area contributed by atoms with Crippen molar-refractivity contribution in [3.63, 3.8) is 0 Å². The molecular weight excluding hydrogens is 266 g/mol. The first-order valence-corrected chi connectivity index (χ1v) is 7.36. The highest BCUT2D eigenvalue weighted by molar-refractivity contribution is 5.27. The summed E-state index contributed by atoms with van der Waals surface area (Å²) in [6.07, 6.45) is 2.71. The minimum absolute atomic E-state index is 0.680. The summed E-state index contributed by atoms with van der Waals surface area (Å²) in [6, 6.07) is 8.17. The fraction of sp³-hybridized carbons (Fsp3) is 0.467. The highest BCUT2D eigenvalue weighted by atomic mass is 16.5. The van der Waals surface area contributed by atoms with Crippen LogP contribution in [0.5, 0.6) is 5.75 Å². The summed E-state index contributed by atoms with van der Waals surface area (Å²) in [6.45, 7) is 5.08. The summed E-state index contributed by atoms with van der Waals surface area (Å²) in [5.74, 6) is 1.95. The molecule has 21 heavy (non-hydrogen) atoms. The van der Waals surface area contributed by atoms with Gasteiger partial charge in [-0.3, -0.25) is 4.90 Å². The van der Waals surface area contributed by atoms with Gasteiger partial charge in [-0.1, -0.05) is 12.1 Å². The van der Waals surface area contributed by atoms with Crippen molar-refractivity contribution in [1.29, 1.82) is 0 Å². The molecule has 1 aliphatic heterocycles. The second-order valence-electron chi connectivity index (χ2n) is 5.25. The van der Waals surface area contributed by atoms with Crippen LogP contribution >= 0.6 is 0 Å². The summed E-state index contributed by atoms with van der Waals surface area (Å²) in [5, 5.41) is 8.06. The predicted molar refractivity (Wildman–Crippen MR) is 80.0 cm³/mol. The van der Waals surface area contributed by atoms with Gasteiger partial charge >= 0.3 is 0 Å². The van der Waals surface area contributed by atoms with Crippen molar-refractivity contribution in [3.05, 3.63) is 42.0 Å². The summed E-state index contributed by atoms with van der Waals surface area (Å²) >= 11 is 0. The van der Waals surface area contributed by atoms with E-state index in [-0.39, 0.29) is 0 Å². The second-order valence-corrected chi connectivity index (χ2v) is 5.25. The molecule has 2 N–H and O–H groups in total. The molecule has 6 heteroatoms. The van der Waals surface area contributed by atoms with E-state index in [1.807, 2.05) is 12.1 Å². The van der Waals surface area contributed by atoms with Crippen molar-refractivity contribution in [2.45, 2.75) is 19.5 Å². The lowest BCUT2D eigenvalue weighted by Gasteiger charge is -2.26. The topological polar surface area (TPSA) is 69.2 Å². The van der Waals surface area contributed by atoms with Crippen LogP contribution in [-0.4, -0.2) is 45.9 Å². The number of nitrogens with zero attached hydrogens (tertiary/aromatic N) is 4. The first kappa shape index (κ1) is 14.0. The number of fused-ring (bicyclic) bond motifs is 1. The SMILES string of the molecule is NCCc1ccc(OCCN2CCn3cnnc3C2)cc1. The molecule has 0 amide bonds. The molecule has 3 rings (SSSR count). The van der Waals surface area contributed by atoms with Crippen LogP contribution in [0.15, 0.2) is 30.6 Å². The van der Waals surface area contributed by atoms with E-state index in [0.717, 1.165) is 44.2 Å². The number of benzene rings is 1. The van der Waals surface area contributed by atoms with Gasteiger partial charge in [0, 0.05) is 19.6 Å². The third-order valence-corrected chi connectivity index (χ3v) is 3.75. The molecule has 0 spiro atoms. The number of hydrogen-bond acceptors (Lipinski definition) is 5. The first-order chi connectivity index (χ1) is 10.3. The third kappa shape index (κ3) is 3.59. The van der Waals surface area contributed by atoms with Crippen molar-refractivity contribution in [1.82, 2.24) is 19.7 Å². The van der Waals surface area contributed by atoms with Gasteiger partial charge in [-0.25, -0.2) is 0 Å². The quantitative estimate of drug-likeness (QED) is 0.846. The van der Waals surface area contributed by atoms with E-state index >= 15 is 0 Å². The predicted octanol–water partition coefficient (Wildman–Crippen LogP) is 0.674. The van der Waals surface area contributed by atoms with Crippen LogP contribution in [0.4, 0.5) is 0 Å².